The normalized spacial score (nSPS) is 25.5. The number of ketones is 1. The van der Waals surface area contributed by atoms with Gasteiger partial charge in [-0.2, -0.15) is 13.2 Å². The van der Waals surface area contributed by atoms with E-state index in [-0.39, 0.29) is 23.6 Å². The van der Waals surface area contributed by atoms with Gasteiger partial charge in [0.2, 0.25) is 0 Å². The van der Waals surface area contributed by atoms with Gasteiger partial charge >= 0.3 is 6.18 Å². The van der Waals surface area contributed by atoms with Gasteiger partial charge in [0, 0.05) is 36.3 Å². The van der Waals surface area contributed by atoms with Crippen molar-refractivity contribution in [3.05, 3.63) is 65.5 Å². The number of aromatic nitrogens is 1. The fourth-order valence-corrected chi connectivity index (χ4v) is 4.79. The standard InChI is InChI=1S/C22H23F3N2O/c23-22(24,25)21-19(10-5-11-26-21)20(28)16-12-17-8-4-9-18(13-16)27(17)14-15-6-2-1-3-7-15/h1-3,5-7,10-11,16-18H,4,8-9,12-14H2. The number of hydrogen-bond donors (Lipinski definition) is 0. The summed E-state index contributed by atoms with van der Waals surface area (Å²) in [6.45, 7) is 0.831. The molecule has 2 aliphatic heterocycles. The first-order chi connectivity index (χ1) is 13.4. The van der Waals surface area contributed by atoms with E-state index in [0.717, 1.165) is 32.0 Å². The van der Waals surface area contributed by atoms with E-state index in [1.54, 1.807) is 0 Å². The van der Waals surface area contributed by atoms with Gasteiger partial charge in [-0.3, -0.25) is 14.7 Å². The Bertz CT molecular complexity index is 823. The summed E-state index contributed by atoms with van der Waals surface area (Å²) in [5, 5.41) is 0. The quantitative estimate of drug-likeness (QED) is 0.682. The second-order valence-corrected chi connectivity index (χ2v) is 7.83. The third kappa shape index (κ3) is 3.83. The molecule has 1 aromatic carbocycles. The van der Waals surface area contributed by atoms with Crippen LogP contribution >= 0.6 is 0 Å². The third-order valence-electron chi connectivity index (χ3n) is 6.05. The maximum absolute atomic E-state index is 13.3. The summed E-state index contributed by atoms with van der Waals surface area (Å²) in [7, 11) is 0. The lowest BCUT2D eigenvalue weighted by Crippen LogP contribution is -2.52. The topological polar surface area (TPSA) is 33.2 Å². The second kappa shape index (κ2) is 7.66. The molecule has 2 aliphatic rings. The number of halogens is 3. The van der Waals surface area contributed by atoms with Crippen LogP contribution in [-0.4, -0.2) is 27.8 Å². The predicted octanol–water partition coefficient (Wildman–Crippen LogP) is 5.12. The lowest BCUT2D eigenvalue weighted by Gasteiger charge is -2.48. The van der Waals surface area contributed by atoms with Crippen LogP contribution in [0.25, 0.3) is 0 Å². The van der Waals surface area contributed by atoms with Crippen molar-refractivity contribution in [2.75, 3.05) is 0 Å². The Balaban J connectivity index is 1.54. The number of piperidine rings is 2. The highest BCUT2D eigenvalue weighted by Gasteiger charge is 2.43. The number of pyridine rings is 1. The van der Waals surface area contributed by atoms with Crippen LogP contribution in [0.5, 0.6) is 0 Å². The first-order valence-corrected chi connectivity index (χ1v) is 9.79. The van der Waals surface area contributed by atoms with Crippen LogP contribution in [0.15, 0.2) is 48.7 Å². The van der Waals surface area contributed by atoms with E-state index in [9.17, 15) is 18.0 Å². The monoisotopic (exact) mass is 388 g/mol. The molecule has 148 valence electrons. The third-order valence-corrected chi connectivity index (χ3v) is 6.05. The predicted molar refractivity (Wildman–Crippen MR) is 99.7 cm³/mol. The summed E-state index contributed by atoms with van der Waals surface area (Å²) in [5.74, 6) is -0.774. The molecule has 0 spiro atoms. The largest absolute Gasteiger partial charge is 0.434 e. The first kappa shape index (κ1) is 19.1. The van der Waals surface area contributed by atoms with Crippen LogP contribution < -0.4 is 0 Å². The molecule has 3 nitrogen and oxygen atoms in total. The van der Waals surface area contributed by atoms with Crippen molar-refractivity contribution >= 4 is 5.78 Å². The van der Waals surface area contributed by atoms with Gasteiger partial charge in [-0.25, -0.2) is 0 Å². The number of benzene rings is 1. The van der Waals surface area contributed by atoms with Crippen molar-refractivity contribution in [2.45, 2.75) is 56.9 Å². The second-order valence-electron chi connectivity index (χ2n) is 7.83. The summed E-state index contributed by atoms with van der Waals surface area (Å²) in [5.41, 5.74) is -0.109. The number of Topliss-reactive ketones (excluding diaryl/α,β-unsaturated/α-hetero) is 1. The Morgan fingerprint density at radius 3 is 2.36 bits per heavy atom. The number of alkyl halides is 3. The van der Waals surface area contributed by atoms with E-state index in [2.05, 4.69) is 22.0 Å². The molecule has 0 N–H and O–H groups in total. The summed E-state index contributed by atoms with van der Waals surface area (Å²) >= 11 is 0. The molecule has 2 unspecified atom stereocenters. The van der Waals surface area contributed by atoms with Gasteiger partial charge in [-0.15, -0.1) is 0 Å². The maximum Gasteiger partial charge on any atom is 0.434 e. The molecule has 28 heavy (non-hydrogen) atoms. The lowest BCUT2D eigenvalue weighted by molar-refractivity contribution is -0.141. The average Bonchev–Trinajstić information content (AvgIpc) is 2.67. The van der Waals surface area contributed by atoms with Crippen LogP contribution in [0.1, 0.15) is 53.7 Å². The fourth-order valence-electron chi connectivity index (χ4n) is 4.79. The summed E-state index contributed by atoms with van der Waals surface area (Å²) in [6, 6.07) is 13.4. The maximum atomic E-state index is 13.3. The van der Waals surface area contributed by atoms with Gasteiger partial charge < -0.3 is 0 Å². The van der Waals surface area contributed by atoms with E-state index in [1.165, 1.54) is 17.7 Å². The number of hydrogen-bond acceptors (Lipinski definition) is 3. The minimum Gasteiger partial charge on any atom is -0.294 e. The van der Waals surface area contributed by atoms with E-state index >= 15 is 0 Å². The summed E-state index contributed by atoms with van der Waals surface area (Å²) in [4.78, 5) is 18.9. The lowest BCUT2D eigenvalue weighted by atomic mass is 9.75. The zero-order valence-electron chi connectivity index (χ0n) is 15.5. The summed E-state index contributed by atoms with van der Waals surface area (Å²) < 4.78 is 39.9. The van der Waals surface area contributed by atoms with Gasteiger partial charge in [0.1, 0.15) is 0 Å². The summed E-state index contributed by atoms with van der Waals surface area (Å²) in [6.07, 6.45) is 0.816. The Labute approximate surface area is 162 Å². The van der Waals surface area contributed by atoms with Crippen LogP contribution in [0.3, 0.4) is 0 Å². The first-order valence-electron chi connectivity index (χ1n) is 9.79. The molecule has 0 radical (unpaired) electrons. The van der Waals surface area contributed by atoms with Crippen molar-refractivity contribution in [3.8, 4) is 0 Å². The van der Waals surface area contributed by atoms with E-state index < -0.39 is 17.7 Å². The highest BCUT2D eigenvalue weighted by atomic mass is 19.4. The van der Waals surface area contributed by atoms with Crippen molar-refractivity contribution in [2.24, 2.45) is 5.92 Å². The molecule has 2 atom stereocenters. The molecule has 0 aliphatic carbocycles. The molecule has 2 aromatic rings. The Morgan fingerprint density at radius 1 is 1.04 bits per heavy atom. The molecule has 4 rings (SSSR count). The molecule has 0 saturated carbocycles. The van der Waals surface area contributed by atoms with Crippen LogP contribution in [0.2, 0.25) is 0 Å². The number of fused-ring (bicyclic) bond motifs is 2. The van der Waals surface area contributed by atoms with Crippen molar-refractivity contribution in [1.82, 2.24) is 9.88 Å². The molecular weight excluding hydrogens is 365 g/mol. The van der Waals surface area contributed by atoms with Crippen LogP contribution in [0, 0.1) is 5.92 Å². The molecule has 2 saturated heterocycles. The highest BCUT2D eigenvalue weighted by Crippen LogP contribution is 2.40. The average molecular weight is 388 g/mol. The van der Waals surface area contributed by atoms with Gasteiger partial charge in [0.15, 0.2) is 11.5 Å². The fraction of sp³-hybridized carbons (Fsp3) is 0.455. The molecule has 2 bridgehead atoms. The number of rotatable bonds is 4. The molecule has 6 heteroatoms. The zero-order valence-corrected chi connectivity index (χ0v) is 15.5. The molecule has 2 fully saturated rings. The van der Waals surface area contributed by atoms with Gasteiger partial charge in [0.25, 0.3) is 0 Å². The van der Waals surface area contributed by atoms with Gasteiger partial charge in [-0.05, 0) is 43.4 Å². The molecule has 1 aromatic heterocycles. The van der Waals surface area contributed by atoms with Crippen molar-refractivity contribution in [1.29, 1.82) is 0 Å². The Kier molecular flexibility index (Phi) is 5.23. The van der Waals surface area contributed by atoms with E-state index in [0.29, 0.717) is 12.8 Å². The van der Waals surface area contributed by atoms with Crippen LogP contribution in [-0.2, 0) is 12.7 Å². The number of carbonyl (C=O) groups is 1. The molecular formula is C22H23F3N2O. The molecule has 3 heterocycles. The SMILES string of the molecule is O=C(c1cccnc1C(F)(F)F)C1CC2CCCC(C1)N2Cc1ccccc1. The Hall–Kier alpha value is -2.21. The smallest absolute Gasteiger partial charge is 0.294 e. The minimum atomic E-state index is -4.61. The minimum absolute atomic E-state index is 0.243. The Morgan fingerprint density at radius 2 is 1.71 bits per heavy atom. The van der Waals surface area contributed by atoms with E-state index in [4.69, 9.17) is 0 Å². The zero-order chi connectivity index (χ0) is 19.7. The molecule has 0 amide bonds. The van der Waals surface area contributed by atoms with Gasteiger partial charge in [0.05, 0.1) is 0 Å². The number of nitrogens with zero attached hydrogens (tertiary/aromatic N) is 2. The van der Waals surface area contributed by atoms with Crippen molar-refractivity contribution in [3.63, 3.8) is 0 Å². The highest BCUT2D eigenvalue weighted by molar-refractivity contribution is 5.99. The van der Waals surface area contributed by atoms with E-state index in [1.807, 2.05) is 18.2 Å². The van der Waals surface area contributed by atoms with Crippen LogP contribution in [0.4, 0.5) is 13.2 Å². The van der Waals surface area contributed by atoms with Crippen molar-refractivity contribution < 1.29 is 18.0 Å². The number of carbonyl (C=O) groups excluding carboxylic acids is 1. The van der Waals surface area contributed by atoms with Gasteiger partial charge in [-0.1, -0.05) is 36.8 Å².